The van der Waals surface area contributed by atoms with Gasteiger partial charge in [-0.25, -0.2) is 0 Å². The molecule has 0 unspecified atom stereocenters. The first-order valence-electron chi connectivity index (χ1n) is 4.31. The molecule has 1 aromatic heterocycles. The molecule has 0 amide bonds. The maximum absolute atomic E-state index is 12.2. The molecule has 0 saturated heterocycles. The molecule has 0 aliphatic rings. The van der Waals surface area contributed by atoms with Crippen molar-refractivity contribution in [2.75, 3.05) is 0 Å². The van der Waals surface area contributed by atoms with E-state index in [0.717, 1.165) is 6.08 Å². The van der Waals surface area contributed by atoms with Gasteiger partial charge in [0.1, 0.15) is 0 Å². The quantitative estimate of drug-likeness (QED) is 0.473. The highest BCUT2D eigenvalue weighted by atomic mass is 19.4. The molecule has 1 heterocycles. The monoisotopic (exact) mass is 229 g/mol. The Bertz CT molecular complexity index is 396. The number of hydrogen-bond donors (Lipinski definition) is 2. The number of allylic oxidation sites excluding steroid dienone is 2. The van der Waals surface area contributed by atoms with Crippen molar-refractivity contribution in [3.8, 4) is 0 Å². The van der Waals surface area contributed by atoms with Crippen molar-refractivity contribution in [1.29, 1.82) is 0 Å². The van der Waals surface area contributed by atoms with E-state index in [-0.39, 0.29) is 5.70 Å². The van der Waals surface area contributed by atoms with Crippen LogP contribution in [0.3, 0.4) is 0 Å². The van der Waals surface area contributed by atoms with Gasteiger partial charge in [0.15, 0.2) is 0 Å². The smallest absolute Gasteiger partial charge is 0.322 e. The zero-order valence-corrected chi connectivity index (χ0v) is 8.25. The van der Waals surface area contributed by atoms with Crippen LogP contribution in [0.5, 0.6) is 0 Å². The number of nitrogens with two attached hydrogens (primary N) is 1. The average Bonchev–Trinajstić information content (AvgIpc) is 2.25. The van der Waals surface area contributed by atoms with Crippen LogP contribution in [0.25, 0.3) is 5.70 Å². The molecule has 0 aliphatic heterocycles. The van der Waals surface area contributed by atoms with Crippen LogP contribution in [-0.4, -0.2) is 11.2 Å². The molecular weight excluding hydrogens is 219 g/mol. The summed E-state index contributed by atoms with van der Waals surface area (Å²) in [6.07, 6.45) is -2.21. The molecule has 0 aliphatic carbocycles. The first kappa shape index (κ1) is 12.3. The first-order valence-corrected chi connectivity index (χ1v) is 4.31. The molecule has 86 valence electrons. The van der Waals surface area contributed by atoms with Gasteiger partial charge < -0.3 is 5.43 Å². The van der Waals surface area contributed by atoms with E-state index < -0.39 is 11.7 Å². The molecule has 3 N–H and O–H groups in total. The predicted molar refractivity (Wildman–Crippen MR) is 54.7 cm³/mol. The van der Waals surface area contributed by atoms with E-state index in [2.05, 4.69) is 17.0 Å². The Hall–Kier alpha value is -1.82. The van der Waals surface area contributed by atoms with Crippen molar-refractivity contribution in [2.45, 2.75) is 6.18 Å². The Morgan fingerprint density at radius 1 is 1.44 bits per heavy atom. The summed E-state index contributed by atoms with van der Waals surface area (Å²) in [7, 11) is 0. The molecule has 0 atom stereocenters. The van der Waals surface area contributed by atoms with Crippen LogP contribution in [0.2, 0.25) is 0 Å². The minimum atomic E-state index is -4.48. The highest BCUT2D eigenvalue weighted by Gasteiger charge is 2.30. The van der Waals surface area contributed by atoms with Gasteiger partial charge in [-0.15, -0.1) is 0 Å². The zero-order chi connectivity index (χ0) is 12.2. The standard InChI is InChI=1S/C10H10F3N3/c1-7(10(11,12)13)6-9(16-14)8-4-2-3-5-15-8/h2-6,16H,1,14H2/b9-6-. The third-order valence-electron chi connectivity index (χ3n) is 1.78. The fourth-order valence-electron chi connectivity index (χ4n) is 0.968. The van der Waals surface area contributed by atoms with E-state index in [9.17, 15) is 13.2 Å². The molecule has 0 bridgehead atoms. The SMILES string of the molecule is C=C(/C=C(\NN)c1ccccn1)C(F)(F)F. The van der Waals surface area contributed by atoms with Crippen LogP contribution in [-0.2, 0) is 0 Å². The van der Waals surface area contributed by atoms with Crippen LogP contribution in [0.1, 0.15) is 5.69 Å². The van der Waals surface area contributed by atoms with Crippen molar-refractivity contribution in [2.24, 2.45) is 5.84 Å². The second kappa shape index (κ2) is 4.80. The Labute approximate surface area is 90.5 Å². The maximum Gasteiger partial charge on any atom is 0.415 e. The lowest BCUT2D eigenvalue weighted by molar-refractivity contribution is -0.0877. The van der Waals surface area contributed by atoms with Crippen LogP contribution < -0.4 is 11.3 Å². The number of rotatable bonds is 3. The number of alkyl halides is 3. The third kappa shape index (κ3) is 3.09. The Morgan fingerprint density at radius 2 is 2.12 bits per heavy atom. The van der Waals surface area contributed by atoms with Gasteiger partial charge >= 0.3 is 6.18 Å². The van der Waals surface area contributed by atoms with Gasteiger partial charge in [-0.05, 0) is 18.2 Å². The Kier molecular flexibility index (Phi) is 3.68. The van der Waals surface area contributed by atoms with Crippen LogP contribution in [0.15, 0.2) is 42.6 Å². The Balaban J connectivity index is 3.00. The summed E-state index contributed by atoms with van der Waals surface area (Å²) in [5.41, 5.74) is 1.54. The molecule has 1 aromatic rings. The zero-order valence-electron chi connectivity index (χ0n) is 8.25. The number of halogens is 3. The lowest BCUT2D eigenvalue weighted by Crippen LogP contribution is -2.22. The van der Waals surface area contributed by atoms with E-state index in [1.54, 1.807) is 12.1 Å². The summed E-state index contributed by atoms with van der Waals surface area (Å²) in [5, 5.41) is 0. The summed E-state index contributed by atoms with van der Waals surface area (Å²) in [4.78, 5) is 3.87. The highest BCUT2D eigenvalue weighted by Crippen LogP contribution is 2.26. The molecule has 6 heteroatoms. The van der Waals surface area contributed by atoms with E-state index >= 15 is 0 Å². The van der Waals surface area contributed by atoms with Gasteiger partial charge in [-0.1, -0.05) is 12.6 Å². The molecule has 0 spiro atoms. The molecule has 16 heavy (non-hydrogen) atoms. The number of nitrogens with one attached hydrogen (secondary N) is 1. The number of aromatic nitrogens is 1. The molecular formula is C10H10F3N3. The number of nitrogens with zero attached hydrogens (tertiary/aromatic N) is 1. The average molecular weight is 229 g/mol. The summed E-state index contributed by atoms with van der Waals surface area (Å²) < 4.78 is 36.7. The van der Waals surface area contributed by atoms with Gasteiger partial charge in [0.25, 0.3) is 0 Å². The van der Waals surface area contributed by atoms with Crippen molar-refractivity contribution in [3.63, 3.8) is 0 Å². The largest absolute Gasteiger partial charge is 0.415 e. The van der Waals surface area contributed by atoms with Crippen molar-refractivity contribution >= 4 is 5.70 Å². The van der Waals surface area contributed by atoms with Gasteiger partial charge in [-0.2, -0.15) is 13.2 Å². The molecule has 0 radical (unpaired) electrons. The first-order chi connectivity index (χ1) is 7.45. The van der Waals surface area contributed by atoms with Gasteiger partial charge in [0.2, 0.25) is 0 Å². The molecule has 0 aromatic carbocycles. The Morgan fingerprint density at radius 3 is 2.56 bits per heavy atom. The summed E-state index contributed by atoms with van der Waals surface area (Å²) in [6.45, 7) is 2.91. The maximum atomic E-state index is 12.2. The minimum Gasteiger partial charge on any atom is -0.322 e. The van der Waals surface area contributed by atoms with Crippen LogP contribution in [0, 0.1) is 0 Å². The van der Waals surface area contributed by atoms with Crippen molar-refractivity contribution < 1.29 is 13.2 Å². The van der Waals surface area contributed by atoms with E-state index in [1.165, 1.54) is 12.3 Å². The lowest BCUT2D eigenvalue weighted by Gasteiger charge is -2.09. The highest BCUT2D eigenvalue weighted by molar-refractivity contribution is 5.63. The van der Waals surface area contributed by atoms with Crippen molar-refractivity contribution in [3.05, 3.63) is 48.3 Å². The molecule has 1 rings (SSSR count). The lowest BCUT2D eigenvalue weighted by atomic mass is 10.2. The minimum absolute atomic E-state index is 0.0583. The van der Waals surface area contributed by atoms with Gasteiger partial charge in [0.05, 0.1) is 17.0 Å². The fraction of sp³-hybridized carbons (Fsp3) is 0.100. The second-order valence-electron chi connectivity index (χ2n) is 2.94. The van der Waals surface area contributed by atoms with Gasteiger partial charge in [0, 0.05) is 6.20 Å². The third-order valence-corrected chi connectivity index (χ3v) is 1.78. The van der Waals surface area contributed by atoms with E-state index in [1.807, 2.05) is 0 Å². The fourth-order valence-corrected chi connectivity index (χ4v) is 0.968. The summed E-state index contributed by atoms with van der Waals surface area (Å²) in [6, 6.07) is 4.83. The van der Waals surface area contributed by atoms with Crippen LogP contribution >= 0.6 is 0 Å². The van der Waals surface area contributed by atoms with Crippen molar-refractivity contribution in [1.82, 2.24) is 10.4 Å². The van der Waals surface area contributed by atoms with E-state index in [4.69, 9.17) is 5.84 Å². The van der Waals surface area contributed by atoms with Crippen LogP contribution in [0.4, 0.5) is 13.2 Å². The number of hydrazine groups is 1. The molecule has 0 fully saturated rings. The second-order valence-corrected chi connectivity index (χ2v) is 2.94. The molecule has 0 saturated carbocycles. The normalized spacial score (nSPS) is 12.4. The van der Waals surface area contributed by atoms with Gasteiger partial charge in [-0.3, -0.25) is 10.8 Å². The summed E-state index contributed by atoms with van der Waals surface area (Å²) >= 11 is 0. The summed E-state index contributed by atoms with van der Waals surface area (Å²) in [5.74, 6) is 5.13. The number of hydrogen-bond acceptors (Lipinski definition) is 3. The molecule has 3 nitrogen and oxygen atoms in total. The predicted octanol–water partition coefficient (Wildman–Crippen LogP) is 2.00. The topological polar surface area (TPSA) is 50.9 Å². The van der Waals surface area contributed by atoms with E-state index in [0.29, 0.717) is 5.69 Å². The number of pyridine rings is 1.